The highest BCUT2D eigenvalue weighted by Crippen LogP contribution is 2.35. The van der Waals surface area contributed by atoms with Gasteiger partial charge in [0.2, 0.25) is 5.28 Å². The van der Waals surface area contributed by atoms with Gasteiger partial charge in [-0.05, 0) is 29.7 Å². The first-order valence-corrected chi connectivity index (χ1v) is 7.23. The minimum atomic E-state index is 0.113. The lowest BCUT2D eigenvalue weighted by Gasteiger charge is -2.26. The first kappa shape index (κ1) is 12.5. The fourth-order valence-corrected chi connectivity index (χ4v) is 3.16. The molecule has 3 aromatic rings. The van der Waals surface area contributed by atoms with E-state index in [-0.39, 0.29) is 17.1 Å². The second-order valence-electron chi connectivity index (χ2n) is 5.21. The predicted molar refractivity (Wildman–Crippen MR) is 80.7 cm³/mol. The molecule has 0 radical (unpaired) electrons. The monoisotopic (exact) mass is 297 g/mol. The molecule has 0 bridgehead atoms. The summed E-state index contributed by atoms with van der Waals surface area (Å²) >= 11 is 5.93. The maximum atomic E-state index is 12.2. The van der Waals surface area contributed by atoms with Crippen LogP contribution in [0.1, 0.15) is 34.9 Å². The Bertz CT molecular complexity index is 841. The van der Waals surface area contributed by atoms with E-state index in [4.69, 9.17) is 11.6 Å². The molecular formula is C16H12ClN3O. The number of benzene rings is 1. The fraction of sp³-hybridized carbons (Fsp3) is 0.188. The van der Waals surface area contributed by atoms with Crippen molar-refractivity contribution < 1.29 is 4.79 Å². The normalized spacial score (nSPS) is 18.0. The molecule has 4 rings (SSSR count). The van der Waals surface area contributed by atoms with E-state index in [9.17, 15) is 4.79 Å². The van der Waals surface area contributed by atoms with Crippen molar-refractivity contribution in [1.29, 1.82) is 0 Å². The molecule has 21 heavy (non-hydrogen) atoms. The third-order valence-electron chi connectivity index (χ3n) is 3.97. The van der Waals surface area contributed by atoms with Crippen LogP contribution < -0.4 is 0 Å². The molecule has 104 valence electrons. The summed E-state index contributed by atoms with van der Waals surface area (Å²) in [5.74, 6) is 0.149. The molecule has 0 saturated carbocycles. The van der Waals surface area contributed by atoms with Crippen LogP contribution in [0.25, 0.3) is 11.0 Å². The van der Waals surface area contributed by atoms with E-state index in [1.807, 2.05) is 28.8 Å². The second kappa shape index (κ2) is 4.67. The molecule has 1 aliphatic rings. The lowest BCUT2D eigenvalue weighted by molar-refractivity contribution is 0.0949. The van der Waals surface area contributed by atoms with Crippen molar-refractivity contribution in [2.45, 2.75) is 18.9 Å². The Hall–Kier alpha value is -2.20. The summed E-state index contributed by atoms with van der Waals surface area (Å²) in [5, 5.41) is 1.05. The average molecular weight is 298 g/mol. The highest BCUT2D eigenvalue weighted by atomic mass is 35.5. The summed E-state index contributed by atoms with van der Waals surface area (Å²) in [6.07, 6.45) is 3.00. The predicted octanol–water partition coefficient (Wildman–Crippen LogP) is 3.65. The standard InChI is InChI=1S/C16H12ClN3O/c17-16-18-9-11-8-13-14(21)7-6-12(20(13)15(11)19-16)10-4-2-1-3-5-10/h1-5,8-9,12H,6-7H2/t12-/m1/s1. The van der Waals surface area contributed by atoms with Gasteiger partial charge in [-0.2, -0.15) is 4.98 Å². The zero-order chi connectivity index (χ0) is 14.4. The summed E-state index contributed by atoms with van der Waals surface area (Å²) in [5.41, 5.74) is 2.60. The van der Waals surface area contributed by atoms with E-state index in [1.54, 1.807) is 6.20 Å². The molecule has 0 spiro atoms. The Balaban J connectivity index is 2.00. The summed E-state index contributed by atoms with van der Waals surface area (Å²) in [6.45, 7) is 0. The number of hydrogen-bond donors (Lipinski definition) is 0. The molecule has 0 amide bonds. The van der Waals surface area contributed by atoms with E-state index in [0.29, 0.717) is 12.1 Å². The van der Waals surface area contributed by atoms with Crippen LogP contribution in [0.4, 0.5) is 0 Å². The Labute approximate surface area is 126 Å². The Morgan fingerprint density at radius 2 is 2.05 bits per heavy atom. The van der Waals surface area contributed by atoms with E-state index < -0.39 is 0 Å². The second-order valence-corrected chi connectivity index (χ2v) is 5.54. The van der Waals surface area contributed by atoms with Gasteiger partial charge in [-0.1, -0.05) is 30.3 Å². The first-order chi connectivity index (χ1) is 10.2. The molecule has 1 aromatic carbocycles. The summed E-state index contributed by atoms with van der Waals surface area (Å²) in [6, 6.07) is 12.2. The molecule has 4 nitrogen and oxygen atoms in total. The number of rotatable bonds is 1. The summed E-state index contributed by atoms with van der Waals surface area (Å²) in [7, 11) is 0. The summed E-state index contributed by atoms with van der Waals surface area (Å²) < 4.78 is 2.00. The maximum absolute atomic E-state index is 12.2. The Morgan fingerprint density at radius 1 is 1.24 bits per heavy atom. The maximum Gasteiger partial charge on any atom is 0.224 e. The van der Waals surface area contributed by atoms with Crippen molar-refractivity contribution in [2.24, 2.45) is 0 Å². The van der Waals surface area contributed by atoms with Crippen LogP contribution in [0.5, 0.6) is 0 Å². The Kier molecular flexibility index (Phi) is 2.79. The third-order valence-corrected chi connectivity index (χ3v) is 4.16. The summed E-state index contributed by atoms with van der Waals surface area (Å²) in [4.78, 5) is 20.5. The van der Waals surface area contributed by atoms with Crippen molar-refractivity contribution in [3.8, 4) is 0 Å². The SMILES string of the molecule is O=C1CC[C@H](c2ccccc2)n2c1cc1cnc(Cl)nc12. The van der Waals surface area contributed by atoms with Gasteiger partial charge in [-0.3, -0.25) is 4.79 Å². The number of nitrogens with zero attached hydrogens (tertiary/aromatic N) is 3. The van der Waals surface area contributed by atoms with Crippen LogP contribution in [-0.2, 0) is 0 Å². The highest BCUT2D eigenvalue weighted by Gasteiger charge is 2.29. The van der Waals surface area contributed by atoms with Gasteiger partial charge in [0.05, 0.1) is 11.7 Å². The van der Waals surface area contributed by atoms with Gasteiger partial charge < -0.3 is 4.57 Å². The number of carbonyl (C=O) groups is 1. The van der Waals surface area contributed by atoms with E-state index in [2.05, 4.69) is 22.1 Å². The third kappa shape index (κ3) is 1.94. The molecule has 0 aliphatic carbocycles. The van der Waals surface area contributed by atoms with Crippen LogP contribution in [0.3, 0.4) is 0 Å². The molecular weight excluding hydrogens is 286 g/mol. The number of ketones is 1. The molecule has 0 fully saturated rings. The molecule has 3 heterocycles. The van der Waals surface area contributed by atoms with Crippen LogP contribution in [-0.4, -0.2) is 20.3 Å². The van der Waals surface area contributed by atoms with E-state index in [1.165, 1.54) is 5.56 Å². The van der Waals surface area contributed by atoms with Crippen LogP contribution in [0.15, 0.2) is 42.6 Å². The number of halogens is 1. The molecule has 1 aliphatic heterocycles. The first-order valence-electron chi connectivity index (χ1n) is 6.85. The fourth-order valence-electron chi connectivity index (χ4n) is 3.03. The van der Waals surface area contributed by atoms with Gasteiger partial charge in [0, 0.05) is 18.0 Å². The van der Waals surface area contributed by atoms with E-state index in [0.717, 1.165) is 17.5 Å². The molecule has 5 heteroatoms. The zero-order valence-electron chi connectivity index (χ0n) is 11.2. The van der Waals surface area contributed by atoms with Gasteiger partial charge in [0.15, 0.2) is 5.78 Å². The van der Waals surface area contributed by atoms with Gasteiger partial charge >= 0.3 is 0 Å². The van der Waals surface area contributed by atoms with Gasteiger partial charge in [-0.15, -0.1) is 0 Å². The quantitative estimate of drug-likeness (QED) is 0.644. The van der Waals surface area contributed by atoms with Crippen molar-refractivity contribution >= 4 is 28.4 Å². The Morgan fingerprint density at radius 3 is 2.86 bits per heavy atom. The van der Waals surface area contributed by atoms with Crippen molar-refractivity contribution in [3.05, 3.63) is 59.1 Å². The minimum Gasteiger partial charge on any atom is -0.315 e. The molecule has 0 saturated heterocycles. The minimum absolute atomic E-state index is 0.113. The van der Waals surface area contributed by atoms with Crippen molar-refractivity contribution in [2.75, 3.05) is 0 Å². The van der Waals surface area contributed by atoms with Crippen LogP contribution in [0, 0.1) is 0 Å². The average Bonchev–Trinajstić information content (AvgIpc) is 2.88. The number of carbonyl (C=O) groups excluding carboxylic acids is 1. The van der Waals surface area contributed by atoms with E-state index >= 15 is 0 Å². The van der Waals surface area contributed by atoms with Crippen LogP contribution >= 0.6 is 11.6 Å². The van der Waals surface area contributed by atoms with Gasteiger partial charge in [0.1, 0.15) is 5.65 Å². The van der Waals surface area contributed by atoms with Gasteiger partial charge in [-0.25, -0.2) is 4.98 Å². The number of fused-ring (bicyclic) bond motifs is 3. The number of Topliss-reactive ketones (excluding diaryl/α,β-unsaturated/α-hetero) is 1. The molecule has 0 unspecified atom stereocenters. The lowest BCUT2D eigenvalue weighted by atomic mass is 9.96. The topological polar surface area (TPSA) is 47.8 Å². The van der Waals surface area contributed by atoms with Crippen molar-refractivity contribution in [1.82, 2.24) is 14.5 Å². The van der Waals surface area contributed by atoms with Gasteiger partial charge in [0.25, 0.3) is 0 Å². The number of hydrogen-bond acceptors (Lipinski definition) is 3. The van der Waals surface area contributed by atoms with Crippen molar-refractivity contribution in [3.63, 3.8) is 0 Å². The number of aromatic nitrogens is 3. The molecule has 2 aromatic heterocycles. The largest absolute Gasteiger partial charge is 0.315 e. The highest BCUT2D eigenvalue weighted by molar-refractivity contribution is 6.28. The lowest BCUT2D eigenvalue weighted by Crippen LogP contribution is -2.23. The van der Waals surface area contributed by atoms with Crippen LogP contribution in [0.2, 0.25) is 5.28 Å². The zero-order valence-corrected chi connectivity index (χ0v) is 11.9. The smallest absolute Gasteiger partial charge is 0.224 e. The molecule has 0 N–H and O–H groups in total. The molecule has 1 atom stereocenters.